The normalized spacial score (nSPS) is 28.1. The Balaban J connectivity index is 1.60. The molecule has 1 aromatic carbocycles. The van der Waals surface area contributed by atoms with Crippen LogP contribution < -0.4 is 21.3 Å². The predicted molar refractivity (Wildman–Crippen MR) is 156 cm³/mol. The molecule has 228 valence electrons. The van der Waals surface area contributed by atoms with Crippen molar-refractivity contribution in [3.8, 4) is 5.75 Å². The van der Waals surface area contributed by atoms with E-state index in [-0.39, 0.29) is 29.7 Å². The minimum atomic E-state index is -2.65. The molecular formula is C30H41N5O7. The van der Waals surface area contributed by atoms with Crippen molar-refractivity contribution < 1.29 is 34.8 Å². The number of piperidine rings is 1. The van der Waals surface area contributed by atoms with Gasteiger partial charge in [-0.25, -0.2) is 0 Å². The molecule has 8 N–H and O–H groups in total. The average molecular weight is 584 g/mol. The van der Waals surface area contributed by atoms with Gasteiger partial charge in [0.25, 0.3) is 5.91 Å². The monoisotopic (exact) mass is 583 g/mol. The first-order valence-corrected chi connectivity index (χ1v) is 14.4. The van der Waals surface area contributed by atoms with E-state index in [4.69, 9.17) is 5.73 Å². The lowest BCUT2D eigenvalue weighted by Crippen LogP contribution is -2.65. The Hall–Kier alpha value is -3.45. The van der Waals surface area contributed by atoms with E-state index in [1.807, 2.05) is 25.1 Å². The van der Waals surface area contributed by atoms with Gasteiger partial charge < -0.3 is 41.7 Å². The smallest absolute Gasteiger partial charge is 0.255 e. The first-order valence-electron chi connectivity index (χ1n) is 14.4. The number of hydrogen-bond acceptors (Lipinski definition) is 11. The number of amides is 1. The van der Waals surface area contributed by atoms with Crippen molar-refractivity contribution in [2.75, 3.05) is 52.7 Å². The van der Waals surface area contributed by atoms with Crippen molar-refractivity contribution >= 4 is 28.9 Å². The molecule has 1 aliphatic heterocycles. The van der Waals surface area contributed by atoms with E-state index in [1.165, 1.54) is 4.90 Å². The molecule has 4 aliphatic rings. The Morgan fingerprint density at radius 1 is 1.14 bits per heavy atom. The summed E-state index contributed by atoms with van der Waals surface area (Å²) >= 11 is 0. The van der Waals surface area contributed by atoms with Crippen LogP contribution in [0.15, 0.2) is 23.0 Å². The SMILES string of the molecule is CN(C)c1cc(CNCC2CCNCC2)c(O)c2c1C[C@@H]1C[C@@H]3C(N(C)C)C(=O)C(C(N)=O)=C(O)[C@]3(O)C(=O)C1=C2O. The van der Waals surface area contributed by atoms with Crippen molar-refractivity contribution in [2.24, 2.45) is 23.5 Å². The summed E-state index contributed by atoms with van der Waals surface area (Å²) in [4.78, 5) is 42.9. The maximum absolute atomic E-state index is 14.1. The van der Waals surface area contributed by atoms with Crippen molar-refractivity contribution in [1.29, 1.82) is 0 Å². The molecule has 1 heterocycles. The molecule has 5 rings (SSSR count). The maximum atomic E-state index is 14.1. The van der Waals surface area contributed by atoms with Crippen molar-refractivity contribution in [3.05, 3.63) is 39.7 Å². The lowest BCUT2D eigenvalue weighted by Gasteiger charge is -2.50. The van der Waals surface area contributed by atoms with Crippen LogP contribution in [0, 0.1) is 17.8 Å². The van der Waals surface area contributed by atoms with Crippen LogP contribution in [0.5, 0.6) is 5.75 Å². The summed E-state index contributed by atoms with van der Waals surface area (Å²) in [5.41, 5.74) is 3.84. The lowest BCUT2D eigenvalue weighted by atomic mass is 9.57. The zero-order valence-electron chi connectivity index (χ0n) is 24.5. The Morgan fingerprint density at radius 2 is 1.81 bits per heavy atom. The highest BCUT2D eigenvalue weighted by molar-refractivity contribution is 6.24. The first-order chi connectivity index (χ1) is 19.8. The molecular weight excluding hydrogens is 542 g/mol. The Morgan fingerprint density at radius 3 is 2.40 bits per heavy atom. The van der Waals surface area contributed by atoms with E-state index in [0.29, 0.717) is 23.6 Å². The molecule has 42 heavy (non-hydrogen) atoms. The number of phenols is 1. The number of nitrogens with zero attached hydrogens (tertiary/aromatic N) is 2. The number of ketones is 2. The summed E-state index contributed by atoms with van der Waals surface area (Å²) in [5, 5.41) is 52.7. The number of nitrogens with one attached hydrogen (secondary N) is 2. The summed E-state index contributed by atoms with van der Waals surface area (Å²) in [6.07, 6.45) is 2.42. The van der Waals surface area contributed by atoms with Gasteiger partial charge in [-0.1, -0.05) is 0 Å². The highest BCUT2D eigenvalue weighted by Crippen LogP contribution is 2.54. The molecule has 4 atom stereocenters. The molecule has 1 aromatic rings. The van der Waals surface area contributed by atoms with Gasteiger partial charge in [-0.2, -0.15) is 0 Å². The minimum absolute atomic E-state index is 0.0545. The van der Waals surface area contributed by atoms with Crippen LogP contribution in [-0.4, -0.2) is 102 Å². The fourth-order valence-corrected chi connectivity index (χ4v) is 7.38. The van der Waals surface area contributed by atoms with E-state index in [1.54, 1.807) is 14.1 Å². The largest absolute Gasteiger partial charge is 0.508 e. The van der Waals surface area contributed by atoms with Crippen LogP contribution in [0.1, 0.15) is 36.0 Å². The number of nitrogens with two attached hydrogens (primary N) is 1. The predicted octanol–water partition coefficient (Wildman–Crippen LogP) is 0.119. The number of Topliss-reactive ketones (excluding diaryl/α,β-unsaturated/α-hetero) is 2. The number of aromatic hydroxyl groups is 1. The number of aliphatic hydroxyl groups is 3. The van der Waals surface area contributed by atoms with Crippen molar-refractivity contribution in [3.63, 3.8) is 0 Å². The summed E-state index contributed by atoms with van der Waals surface area (Å²) in [5.74, 6) is -5.98. The molecule has 0 aromatic heterocycles. The second-order valence-electron chi connectivity index (χ2n) is 12.4. The zero-order valence-corrected chi connectivity index (χ0v) is 24.5. The van der Waals surface area contributed by atoms with Gasteiger partial charge in [0.15, 0.2) is 11.4 Å². The Kier molecular flexibility index (Phi) is 7.86. The first kappa shape index (κ1) is 30.0. The van der Waals surface area contributed by atoms with E-state index >= 15 is 0 Å². The number of aliphatic hydroxyl groups excluding tert-OH is 2. The minimum Gasteiger partial charge on any atom is -0.508 e. The lowest BCUT2D eigenvalue weighted by molar-refractivity contribution is -0.153. The Bertz CT molecular complexity index is 1390. The highest BCUT2D eigenvalue weighted by atomic mass is 16.3. The van der Waals surface area contributed by atoms with E-state index < -0.39 is 58.0 Å². The number of anilines is 1. The molecule has 3 aliphatic carbocycles. The summed E-state index contributed by atoms with van der Waals surface area (Å²) in [6, 6.07) is 0.765. The fraction of sp³-hybridized carbons (Fsp3) is 0.567. The molecule has 1 saturated heterocycles. The van der Waals surface area contributed by atoms with Crippen molar-refractivity contribution in [2.45, 2.75) is 43.9 Å². The number of carbonyl (C=O) groups excluding carboxylic acids is 3. The van der Waals surface area contributed by atoms with Gasteiger partial charge >= 0.3 is 0 Å². The number of rotatable bonds is 7. The van der Waals surface area contributed by atoms with Gasteiger partial charge in [-0.3, -0.25) is 19.3 Å². The third-order valence-electron chi connectivity index (χ3n) is 9.47. The van der Waals surface area contributed by atoms with E-state index in [0.717, 1.165) is 38.2 Å². The molecule has 1 saturated carbocycles. The van der Waals surface area contributed by atoms with E-state index in [2.05, 4.69) is 10.6 Å². The van der Waals surface area contributed by atoms with Crippen LogP contribution in [0.2, 0.25) is 0 Å². The molecule has 12 heteroatoms. The standard InChI is InChI=1S/C30H41N5O7/c1-34(2)19-11-16(13-33-12-14-5-7-32-8-6-14)24(36)21-17(19)9-15-10-18-23(35(3)4)26(38)22(29(31)41)28(40)30(18,42)27(39)20(15)25(21)37/h11,14-15,18,23,32-33,36-37,40,42H,5-10,12-13H2,1-4H3,(H2,31,41)/t15-,18-,23?,30-/m1/s1. The van der Waals surface area contributed by atoms with Crippen LogP contribution in [-0.2, 0) is 27.3 Å². The molecule has 1 unspecified atom stereocenters. The molecule has 2 fully saturated rings. The third kappa shape index (κ3) is 4.57. The van der Waals surface area contributed by atoms with Gasteiger partial charge in [0.1, 0.15) is 22.8 Å². The molecule has 0 bridgehead atoms. The van der Waals surface area contributed by atoms with Gasteiger partial charge in [-0.15, -0.1) is 0 Å². The molecule has 12 nitrogen and oxygen atoms in total. The number of benzene rings is 1. The van der Waals surface area contributed by atoms with Crippen LogP contribution in [0.4, 0.5) is 5.69 Å². The molecule has 0 radical (unpaired) electrons. The number of fused-ring (bicyclic) bond motifs is 3. The number of carbonyl (C=O) groups is 3. The number of hydrogen-bond donors (Lipinski definition) is 7. The van der Waals surface area contributed by atoms with Gasteiger partial charge in [0.05, 0.1) is 11.6 Å². The molecule has 0 spiro atoms. The fourth-order valence-electron chi connectivity index (χ4n) is 7.38. The summed E-state index contributed by atoms with van der Waals surface area (Å²) in [7, 11) is 6.87. The molecule has 1 amide bonds. The van der Waals surface area contributed by atoms with Crippen molar-refractivity contribution in [1.82, 2.24) is 15.5 Å². The maximum Gasteiger partial charge on any atom is 0.255 e. The number of likely N-dealkylation sites (N-methyl/N-ethyl adjacent to an activating group) is 1. The number of primary amides is 1. The van der Waals surface area contributed by atoms with Gasteiger partial charge in [-0.05, 0) is 82.9 Å². The topological polar surface area (TPSA) is 189 Å². The quantitative estimate of drug-likeness (QED) is 0.216. The second-order valence-corrected chi connectivity index (χ2v) is 12.4. The Labute approximate surface area is 244 Å². The summed E-state index contributed by atoms with van der Waals surface area (Å²) < 4.78 is 0. The second kappa shape index (κ2) is 11.0. The third-order valence-corrected chi connectivity index (χ3v) is 9.47. The van der Waals surface area contributed by atoms with Gasteiger partial charge in [0, 0.05) is 43.4 Å². The van der Waals surface area contributed by atoms with Crippen LogP contribution >= 0.6 is 0 Å². The zero-order chi connectivity index (χ0) is 30.7. The average Bonchev–Trinajstić information content (AvgIpc) is 2.92. The van der Waals surface area contributed by atoms with Gasteiger partial charge in [0.2, 0.25) is 5.78 Å². The van der Waals surface area contributed by atoms with Crippen LogP contribution in [0.25, 0.3) is 5.76 Å². The highest BCUT2D eigenvalue weighted by Gasteiger charge is 2.64. The number of phenolic OH excluding ortho intramolecular Hbond substituents is 1. The van der Waals surface area contributed by atoms with Crippen LogP contribution in [0.3, 0.4) is 0 Å². The van der Waals surface area contributed by atoms with E-state index in [9.17, 15) is 34.8 Å². The summed E-state index contributed by atoms with van der Waals surface area (Å²) in [6.45, 7) is 3.06.